The number of hydrogen-bond acceptors (Lipinski definition) is 4. The van der Waals surface area contributed by atoms with Gasteiger partial charge in [0.25, 0.3) is 0 Å². The topological polar surface area (TPSA) is 87.2 Å². The van der Waals surface area contributed by atoms with E-state index in [-0.39, 0.29) is 19.6 Å². The second kappa shape index (κ2) is 8.52. The van der Waals surface area contributed by atoms with Gasteiger partial charge < -0.3 is 5.73 Å². The van der Waals surface area contributed by atoms with E-state index in [2.05, 4.69) is 0 Å². The summed E-state index contributed by atoms with van der Waals surface area (Å²) in [6, 6.07) is 12.9. The van der Waals surface area contributed by atoms with Gasteiger partial charge in [0.2, 0.25) is 10.0 Å². The summed E-state index contributed by atoms with van der Waals surface area (Å²) < 4.78 is 66.2. The molecular formula is C18H18F3N3O2S. The molecule has 2 rings (SSSR count). The number of benzene rings is 2. The molecule has 9 heteroatoms. The summed E-state index contributed by atoms with van der Waals surface area (Å²) in [4.78, 5) is -0.518. The molecule has 27 heavy (non-hydrogen) atoms. The molecule has 0 radical (unpaired) electrons. The average molecular weight is 397 g/mol. The van der Waals surface area contributed by atoms with Crippen LogP contribution in [0.3, 0.4) is 0 Å². The molecule has 0 amide bonds. The molecule has 0 saturated heterocycles. The largest absolute Gasteiger partial charge is 0.417 e. The molecule has 0 aliphatic rings. The van der Waals surface area contributed by atoms with Crippen LogP contribution in [-0.4, -0.2) is 32.4 Å². The summed E-state index contributed by atoms with van der Waals surface area (Å²) in [5.41, 5.74) is 4.48. The van der Waals surface area contributed by atoms with E-state index >= 15 is 0 Å². The fourth-order valence-electron chi connectivity index (χ4n) is 2.56. The molecular weight excluding hydrogens is 379 g/mol. The lowest BCUT2D eigenvalue weighted by atomic mass is 10.1. The highest BCUT2D eigenvalue weighted by Crippen LogP contribution is 2.33. The van der Waals surface area contributed by atoms with Crippen LogP contribution in [0.4, 0.5) is 13.2 Å². The van der Waals surface area contributed by atoms with Crippen molar-refractivity contribution in [2.45, 2.75) is 17.5 Å². The number of nitriles is 1. The molecule has 0 saturated carbocycles. The Morgan fingerprint density at radius 1 is 1.07 bits per heavy atom. The lowest BCUT2D eigenvalue weighted by Gasteiger charge is -2.22. The minimum absolute atomic E-state index is 0.0242. The van der Waals surface area contributed by atoms with Gasteiger partial charge in [0.05, 0.1) is 22.1 Å². The van der Waals surface area contributed by atoms with Gasteiger partial charge in [-0.1, -0.05) is 30.3 Å². The minimum Gasteiger partial charge on any atom is -0.329 e. The van der Waals surface area contributed by atoms with Crippen molar-refractivity contribution < 1.29 is 21.6 Å². The summed E-state index contributed by atoms with van der Waals surface area (Å²) >= 11 is 0. The Balaban J connectivity index is 2.37. The number of halogens is 3. The molecule has 0 aliphatic heterocycles. The first-order chi connectivity index (χ1) is 12.7. The third-order valence-electron chi connectivity index (χ3n) is 3.93. The highest BCUT2D eigenvalue weighted by molar-refractivity contribution is 7.89. The Labute approximate surface area is 155 Å². The lowest BCUT2D eigenvalue weighted by Crippen LogP contribution is -2.37. The van der Waals surface area contributed by atoms with E-state index in [1.807, 2.05) is 30.3 Å². The third kappa shape index (κ3) is 5.07. The maximum absolute atomic E-state index is 13.1. The number of sulfonamides is 1. The van der Waals surface area contributed by atoms with Gasteiger partial charge in [-0.2, -0.15) is 22.7 Å². The van der Waals surface area contributed by atoms with Crippen molar-refractivity contribution in [1.29, 1.82) is 5.26 Å². The van der Waals surface area contributed by atoms with Crippen LogP contribution in [-0.2, 0) is 22.6 Å². The Morgan fingerprint density at radius 3 is 2.30 bits per heavy atom. The predicted octanol–water partition coefficient (Wildman–Crippen LogP) is 2.77. The number of nitrogens with zero attached hydrogens (tertiary/aromatic N) is 2. The van der Waals surface area contributed by atoms with Crippen molar-refractivity contribution in [3.05, 3.63) is 65.2 Å². The van der Waals surface area contributed by atoms with Crippen molar-refractivity contribution in [1.82, 2.24) is 4.31 Å². The molecule has 2 N–H and O–H groups in total. The molecule has 5 nitrogen and oxygen atoms in total. The van der Waals surface area contributed by atoms with Crippen molar-refractivity contribution in [3.8, 4) is 6.07 Å². The first-order valence-electron chi connectivity index (χ1n) is 8.05. The van der Waals surface area contributed by atoms with Gasteiger partial charge in [-0.15, -0.1) is 0 Å². The van der Waals surface area contributed by atoms with Gasteiger partial charge >= 0.3 is 6.18 Å². The number of rotatable bonds is 7. The summed E-state index contributed by atoms with van der Waals surface area (Å²) in [5.74, 6) is 0. The van der Waals surface area contributed by atoms with Crippen LogP contribution in [0.5, 0.6) is 0 Å². The van der Waals surface area contributed by atoms with E-state index in [9.17, 15) is 21.6 Å². The summed E-state index contributed by atoms with van der Waals surface area (Å²) in [5, 5.41) is 8.85. The first-order valence-corrected chi connectivity index (χ1v) is 9.49. The van der Waals surface area contributed by atoms with Crippen molar-refractivity contribution >= 4 is 10.0 Å². The SMILES string of the molecule is N#Cc1ccc(S(=O)(=O)N(CCN)CCc2ccccc2)cc1C(F)(F)F. The average Bonchev–Trinajstić information content (AvgIpc) is 2.64. The molecule has 0 aromatic heterocycles. The third-order valence-corrected chi connectivity index (χ3v) is 5.82. The second-order valence-electron chi connectivity index (χ2n) is 5.75. The van der Waals surface area contributed by atoms with Crippen LogP contribution in [0.15, 0.2) is 53.4 Å². The summed E-state index contributed by atoms with van der Waals surface area (Å²) in [6.07, 6.45) is -4.44. The van der Waals surface area contributed by atoms with E-state index in [0.717, 1.165) is 22.0 Å². The maximum atomic E-state index is 13.1. The Hall–Kier alpha value is -2.41. The van der Waals surface area contributed by atoms with Gasteiger partial charge in [0.15, 0.2) is 0 Å². The number of nitrogens with two attached hydrogens (primary N) is 1. The molecule has 2 aromatic carbocycles. The van der Waals surface area contributed by atoms with Crippen LogP contribution in [0.2, 0.25) is 0 Å². The first kappa shape index (κ1) is 20.9. The fourth-order valence-corrected chi connectivity index (χ4v) is 4.04. The van der Waals surface area contributed by atoms with E-state index in [0.29, 0.717) is 12.5 Å². The monoisotopic (exact) mass is 397 g/mol. The van der Waals surface area contributed by atoms with Crippen molar-refractivity contribution in [2.75, 3.05) is 19.6 Å². The lowest BCUT2D eigenvalue weighted by molar-refractivity contribution is -0.137. The van der Waals surface area contributed by atoms with Crippen LogP contribution in [0, 0.1) is 11.3 Å². The van der Waals surface area contributed by atoms with Gasteiger partial charge in [-0.05, 0) is 30.2 Å². The normalized spacial score (nSPS) is 12.1. The fraction of sp³-hybridized carbons (Fsp3) is 0.278. The minimum atomic E-state index is -4.83. The van der Waals surface area contributed by atoms with Gasteiger partial charge in [0.1, 0.15) is 0 Å². The van der Waals surface area contributed by atoms with Crippen LogP contribution in [0.25, 0.3) is 0 Å². The summed E-state index contributed by atoms with van der Waals surface area (Å²) in [7, 11) is -4.20. The highest BCUT2D eigenvalue weighted by Gasteiger charge is 2.35. The van der Waals surface area contributed by atoms with E-state index in [1.54, 1.807) is 0 Å². The van der Waals surface area contributed by atoms with E-state index in [1.165, 1.54) is 6.07 Å². The number of alkyl halides is 3. The van der Waals surface area contributed by atoms with Crippen molar-refractivity contribution in [3.63, 3.8) is 0 Å². The molecule has 2 aromatic rings. The van der Waals surface area contributed by atoms with E-state index in [4.69, 9.17) is 11.0 Å². The van der Waals surface area contributed by atoms with Gasteiger partial charge in [0, 0.05) is 19.6 Å². The zero-order chi connectivity index (χ0) is 20.1. The van der Waals surface area contributed by atoms with E-state index < -0.39 is 32.2 Å². The van der Waals surface area contributed by atoms with Gasteiger partial charge in [-0.25, -0.2) is 8.42 Å². The molecule has 0 fully saturated rings. The van der Waals surface area contributed by atoms with Crippen LogP contribution in [0.1, 0.15) is 16.7 Å². The molecule has 144 valence electrons. The molecule has 0 spiro atoms. The Morgan fingerprint density at radius 2 is 1.74 bits per heavy atom. The van der Waals surface area contributed by atoms with Crippen molar-refractivity contribution in [2.24, 2.45) is 5.73 Å². The number of hydrogen-bond donors (Lipinski definition) is 1. The Bertz CT molecular complexity index is 923. The Kier molecular flexibility index (Phi) is 6.59. The second-order valence-corrected chi connectivity index (χ2v) is 7.68. The molecule has 0 heterocycles. The standard InChI is InChI=1S/C18H18F3N3O2S/c19-18(20,21)17-12-16(7-6-15(17)13-23)27(25,26)24(11-9-22)10-8-14-4-2-1-3-5-14/h1-7,12H,8-11,22H2. The molecule has 0 atom stereocenters. The predicted molar refractivity (Wildman–Crippen MR) is 94.1 cm³/mol. The zero-order valence-electron chi connectivity index (χ0n) is 14.3. The quantitative estimate of drug-likeness (QED) is 0.778. The molecule has 0 bridgehead atoms. The molecule has 0 unspecified atom stereocenters. The van der Waals surface area contributed by atoms with Gasteiger partial charge in [-0.3, -0.25) is 0 Å². The van der Waals surface area contributed by atoms with Crippen LogP contribution >= 0.6 is 0 Å². The molecule has 0 aliphatic carbocycles. The smallest absolute Gasteiger partial charge is 0.329 e. The van der Waals surface area contributed by atoms with Crippen LogP contribution < -0.4 is 5.73 Å². The summed E-state index contributed by atoms with van der Waals surface area (Å²) in [6.45, 7) is 0.0673. The zero-order valence-corrected chi connectivity index (χ0v) is 15.1. The highest BCUT2D eigenvalue weighted by atomic mass is 32.2. The maximum Gasteiger partial charge on any atom is 0.417 e.